The minimum atomic E-state index is -4.67. The lowest BCUT2D eigenvalue weighted by Gasteiger charge is -2.11. The van der Waals surface area contributed by atoms with Gasteiger partial charge in [-0.15, -0.1) is 0 Å². The van der Waals surface area contributed by atoms with Crippen molar-refractivity contribution >= 4 is 10.4 Å². The molecule has 0 aliphatic heterocycles. The molecule has 0 spiro atoms. The van der Waals surface area contributed by atoms with Gasteiger partial charge in [-0.25, -0.2) is 0 Å². The maximum absolute atomic E-state index is 9.41. The first-order valence-electron chi connectivity index (χ1n) is 4.70. The fraction of sp³-hybridized carbons (Fsp3) is 0.571. The standard InChI is InChI=1S/C7H14N4O2.H2O4S/c8-1-5(12)4-3-10-11-7(4)6(13)2-9;1-5(2,3)4/h3,5-6,12-13H,1-2,8-9H2,(H,10,11);(H2,1,2,3,4). The topological polar surface area (TPSA) is 196 Å². The van der Waals surface area contributed by atoms with Crippen molar-refractivity contribution in [2.75, 3.05) is 13.1 Å². The van der Waals surface area contributed by atoms with Crippen LogP contribution in [0.15, 0.2) is 6.20 Å². The number of aromatic nitrogens is 2. The maximum atomic E-state index is 9.41. The summed E-state index contributed by atoms with van der Waals surface area (Å²) in [5, 5.41) is 25.1. The molecule has 0 aliphatic rings. The summed E-state index contributed by atoms with van der Waals surface area (Å²) in [4.78, 5) is 0. The molecule has 1 heterocycles. The minimum Gasteiger partial charge on any atom is -0.387 e. The molecule has 106 valence electrons. The van der Waals surface area contributed by atoms with Crippen LogP contribution in [0, 0.1) is 0 Å². The predicted octanol–water partition coefficient (Wildman–Crippen LogP) is -2.26. The van der Waals surface area contributed by atoms with Crippen molar-refractivity contribution in [1.29, 1.82) is 0 Å². The van der Waals surface area contributed by atoms with Gasteiger partial charge in [-0.1, -0.05) is 0 Å². The number of H-pyrrole nitrogens is 1. The lowest BCUT2D eigenvalue weighted by Crippen LogP contribution is -2.17. The van der Waals surface area contributed by atoms with Crippen LogP contribution in [-0.4, -0.2) is 51.0 Å². The number of aliphatic hydroxyl groups excluding tert-OH is 2. The fourth-order valence-corrected chi connectivity index (χ4v) is 1.08. The van der Waals surface area contributed by atoms with Gasteiger partial charge < -0.3 is 21.7 Å². The van der Waals surface area contributed by atoms with Crippen LogP contribution in [0.4, 0.5) is 0 Å². The van der Waals surface area contributed by atoms with Crippen molar-refractivity contribution in [1.82, 2.24) is 10.2 Å². The van der Waals surface area contributed by atoms with E-state index in [2.05, 4.69) is 10.2 Å². The summed E-state index contributed by atoms with van der Waals surface area (Å²) < 4.78 is 31.6. The smallest absolute Gasteiger partial charge is 0.387 e. The number of nitrogens with two attached hydrogens (primary N) is 2. The zero-order valence-electron chi connectivity index (χ0n) is 9.26. The minimum absolute atomic E-state index is 0.0759. The highest BCUT2D eigenvalue weighted by molar-refractivity contribution is 7.79. The quantitative estimate of drug-likeness (QED) is 0.298. The number of rotatable bonds is 4. The van der Waals surface area contributed by atoms with E-state index >= 15 is 0 Å². The summed E-state index contributed by atoms with van der Waals surface area (Å²) in [6.45, 7) is 0.163. The summed E-state index contributed by atoms with van der Waals surface area (Å²) in [5.41, 5.74) is 11.5. The summed E-state index contributed by atoms with van der Waals surface area (Å²) in [6.07, 6.45) is -0.209. The van der Waals surface area contributed by atoms with Gasteiger partial charge in [0, 0.05) is 18.7 Å². The molecule has 11 heteroatoms. The van der Waals surface area contributed by atoms with Gasteiger partial charge in [0.15, 0.2) is 0 Å². The maximum Gasteiger partial charge on any atom is 0.394 e. The SMILES string of the molecule is NCC(O)c1cn[nH]c1C(O)CN.O=S(=O)(O)O. The largest absolute Gasteiger partial charge is 0.394 e. The van der Waals surface area contributed by atoms with E-state index in [-0.39, 0.29) is 13.1 Å². The Morgan fingerprint density at radius 3 is 2.06 bits per heavy atom. The average molecular weight is 284 g/mol. The first kappa shape index (κ1) is 16.9. The molecule has 10 nitrogen and oxygen atoms in total. The molecule has 0 radical (unpaired) electrons. The van der Waals surface area contributed by atoms with E-state index in [0.29, 0.717) is 11.3 Å². The van der Waals surface area contributed by atoms with E-state index in [4.69, 9.17) is 29.0 Å². The Hall–Kier alpha value is -1.08. The molecule has 0 bridgehead atoms. The molecule has 1 aromatic rings. The first-order chi connectivity index (χ1) is 8.20. The molecule has 1 aromatic heterocycles. The normalized spacial score (nSPS) is 14.6. The first-order valence-corrected chi connectivity index (χ1v) is 6.09. The predicted molar refractivity (Wildman–Crippen MR) is 60.8 cm³/mol. The van der Waals surface area contributed by atoms with Crippen molar-refractivity contribution in [3.63, 3.8) is 0 Å². The number of hydrogen-bond acceptors (Lipinski definition) is 7. The number of nitrogens with zero attached hydrogens (tertiary/aromatic N) is 1. The van der Waals surface area contributed by atoms with E-state index in [0.717, 1.165) is 0 Å². The lowest BCUT2D eigenvalue weighted by molar-refractivity contribution is 0.160. The molecule has 0 saturated heterocycles. The highest BCUT2D eigenvalue weighted by atomic mass is 32.3. The highest BCUT2D eigenvalue weighted by Gasteiger charge is 2.17. The summed E-state index contributed by atoms with van der Waals surface area (Å²) >= 11 is 0. The van der Waals surface area contributed by atoms with E-state index in [1.54, 1.807) is 0 Å². The number of nitrogens with one attached hydrogen (secondary N) is 1. The van der Waals surface area contributed by atoms with E-state index < -0.39 is 22.6 Å². The van der Waals surface area contributed by atoms with Crippen LogP contribution >= 0.6 is 0 Å². The zero-order chi connectivity index (χ0) is 14.3. The molecule has 1 rings (SSSR count). The second-order valence-electron chi connectivity index (χ2n) is 3.19. The molecule has 9 N–H and O–H groups in total. The van der Waals surface area contributed by atoms with Crippen LogP contribution in [0.2, 0.25) is 0 Å². The van der Waals surface area contributed by atoms with Crippen LogP contribution in [-0.2, 0) is 10.4 Å². The Balaban J connectivity index is 0.000000494. The lowest BCUT2D eigenvalue weighted by atomic mass is 10.1. The molecular weight excluding hydrogens is 268 g/mol. The van der Waals surface area contributed by atoms with Crippen molar-refractivity contribution in [3.05, 3.63) is 17.5 Å². The van der Waals surface area contributed by atoms with Crippen LogP contribution in [0.1, 0.15) is 23.5 Å². The summed E-state index contributed by atoms with van der Waals surface area (Å²) in [6, 6.07) is 0. The average Bonchev–Trinajstić information content (AvgIpc) is 2.73. The van der Waals surface area contributed by atoms with Crippen molar-refractivity contribution in [2.45, 2.75) is 12.2 Å². The molecule has 0 amide bonds. The zero-order valence-corrected chi connectivity index (χ0v) is 10.1. The second kappa shape index (κ2) is 7.38. The third-order valence-electron chi connectivity index (χ3n) is 1.84. The summed E-state index contributed by atoms with van der Waals surface area (Å²) in [5.74, 6) is 0. The summed E-state index contributed by atoms with van der Waals surface area (Å²) in [7, 11) is -4.67. The highest BCUT2D eigenvalue weighted by Crippen LogP contribution is 2.19. The van der Waals surface area contributed by atoms with Gasteiger partial charge in [-0.2, -0.15) is 13.5 Å². The Kier molecular flexibility index (Phi) is 6.93. The van der Waals surface area contributed by atoms with Crippen LogP contribution in [0.5, 0.6) is 0 Å². The Morgan fingerprint density at radius 1 is 1.22 bits per heavy atom. The Labute approximate surface area is 103 Å². The van der Waals surface area contributed by atoms with Crippen molar-refractivity contribution < 1.29 is 27.7 Å². The van der Waals surface area contributed by atoms with Gasteiger partial charge in [0.1, 0.15) is 6.10 Å². The molecule has 0 fully saturated rings. The van der Waals surface area contributed by atoms with Gasteiger partial charge in [-0.05, 0) is 0 Å². The van der Waals surface area contributed by atoms with Gasteiger partial charge in [-0.3, -0.25) is 14.2 Å². The molecule has 2 atom stereocenters. The number of aromatic amines is 1. The van der Waals surface area contributed by atoms with Crippen LogP contribution in [0.25, 0.3) is 0 Å². The molecule has 0 aliphatic carbocycles. The molecule has 2 unspecified atom stereocenters. The van der Waals surface area contributed by atoms with Crippen molar-refractivity contribution in [3.8, 4) is 0 Å². The molecule has 0 aromatic carbocycles. The van der Waals surface area contributed by atoms with Gasteiger partial charge in [0.2, 0.25) is 0 Å². The Bertz CT molecular complexity index is 414. The molecule has 0 saturated carbocycles. The van der Waals surface area contributed by atoms with Gasteiger partial charge >= 0.3 is 10.4 Å². The molecular formula is C7H16N4O6S. The van der Waals surface area contributed by atoms with E-state index in [1.165, 1.54) is 6.20 Å². The molecule has 18 heavy (non-hydrogen) atoms. The number of aliphatic hydroxyl groups is 2. The van der Waals surface area contributed by atoms with Crippen molar-refractivity contribution in [2.24, 2.45) is 11.5 Å². The fourth-order valence-electron chi connectivity index (χ4n) is 1.08. The second-order valence-corrected chi connectivity index (χ2v) is 4.09. The van der Waals surface area contributed by atoms with Gasteiger partial charge in [0.25, 0.3) is 0 Å². The number of hydrogen-bond donors (Lipinski definition) is 7. The third kappa shape index (κ3) is 6.61. The monoisotopic (exact) mass is 284 g/mol. The van der Waals surface area contributed by atoms with Crippen LogP contribution in [0.3, 0.4) is 0 Å². The van der Waals surface area contributed by atoms with E-state index in [9.17, 15) is 10.2 Å². The van der Waals surface area contributed by atoms with E-state index in [1.807, 2.05) is 0 Å². The van der Waals surface area contributed by atoms with Gasteiger partial charge in [0.05, 0.1) is 18.0 Å². The van der Waals surface area contributed by atoms with Crippen LogP contribution < -0.4 is 11.5 Å². The third-order valence-corrected chi connectivity index (χ3v) is 1.84. The Morgan fingerprint density at radius 2 is 1.67 bits per heavy atom.